The Balaban J connectivity index is 2.37. The van der Waals surface area contributed by atoms with Crippen molar-refractivity contribution in [3.63, 3.8) is 0 Å². The largest absolute Gasteiger partial charge is 0.281 e. The van der Waals surface area contributed by atoms with E-state index in [4.69, 9.17) is 0 Å². The van der Waals surface area contributed by atoms with Gasteiger partial charge in [-0.1, -0.05) is 13.8 Å². The number of aromatic amines is 1. The first kappa shape index (κ1) is 13.9. The molecule has 1 saturated heterocycles. The molecular formula is C11H19N3O2S2. The summed E-state index contributed by atoms with van der Waals surface area (Å²) in [6.45, 7) is 8.75. The number of sulfonamides is 1. The number of hydrogen-bond acceptors (Lipinski definition) is 4. The lowest BCUT2D eigenvalue weighted by molar-refractivity contribution is 0.404. The second kappa shape index (κ2) is 4.86. The van der Waals surface area contributed by atoms with Crippen LogP contribution in [0.1, 0.15) is 25.2 Å². The first-order chi connectivity index (χ1) is 8.32. The molecule has 2 heterocycles. The maximum Gasteiger partial charge on any atom is 0.246 e. The van der Waals surface area contributed by atoms with Crippen LogP contribution in [0.2, 0.25) is 0 Å². The molecule has 1 aromatic rings. The van der Waals surface area contributed by atoms with Crippen molar-refractivity contribution in [3.8, 4) is 0 Å². The highest BCUT2D eigenvalue weighted by molar-refractivity contribution is 8.00. The summed E-state index contributed by atoms with van der Waals surface area (Å²) in [6, 6.07) is 0. The summed E-state index contributed by atoms with van der Waals surface area (Å²) < 4.78 is 26.9. The average Bonchev–Trinajstić information content (AvgIpc) is 2.57. The Hall–Kier alpha value is -0.530. The van der Waals surface area contributed by atoms with Gasteiger partial charge in [-0.3, -0.25) is 5.10 Å². The molecule has 0 spiro atoms. The van der Waals surface area contributed by atoms with Crippen molar-refractivity contribution in [2.45, 2.75) is 43.1 Å². The molecular weight excluding hydrogens is 270 g/mol. The van der Waals surface area contributed by atoms with E-state index in [2.05, 4.69) is 24.0 Å². The van der Waals surface area contributed by atoms with Gasteiger partial charge in [0.2, 0.25) is 10.0 Å². The van der Waals surface area contributed by atoms with Crippen molar-refractivity contribution < 1.29 is 8.42 Å². The highest BCUT2D eigenvalue weighted by Crippen LogP contribution is 2.30. The molecule has 0 aliphatic carbocycles. The third kappa shape index (κ3) is 2.44. The number of thioether (sulfide) groups is 1. The first-order valence-corrected chi connectivity index (χ1v) is 8.38. The van der Waals surface area contributed by atoms with E-state index < -0.39 is 10.0 Å². The van der Waals surface area contributed by atoms with Gasteiger partial charge < -0.3 is 0 Å². The Morgan fingerprint density at radius 3 is 2.28 bits per heavy atom. The summed E-state index contributed by atoms with van der Waals surface area (Å²) in [7, 11) is -3.42. The lowest BCUT2D eigenvalue weighted by Gasteiger charge is -2.33. The summed E-state index contributed by atoms with van der Waals surface area (Å²) in [5.41, 5.74) is 1.16. The fourth-order valence-electron chi connectivity index (χ4n) is 2.38. The minimum absolute atomic E-state index is 0.330. The van der Waals surface area contributed by atoms with Gasteiger partial charge in [-0.05, 0) is 13.8 Å². The summed E-state index contributed by atoms with van der Waals surface area (Å²) in [6.07, 6.45) is 0. The first-order valence-electron chi connectivity index (χ1n) is 5.99. The Kier molecular flexibility index (Phi) is 3.75. The van der Waals surface area contributed by atoms with Gasteiger partial charge in [0.25, 0.3) is 0 Å². The van der Waals surface area contributed by atoms with Crippen molar-refractivity contribution in [1.82, 2.24) is 14.5 Å². The van der Waals surface area contributed by atoms with E-state index in [1.165, 1.54) is 0 Å². The van der Waals surface area contributed by atoms with Gasteiger partial charge in [0.05, 0.1) is 11.4 Å². The molecule has 7 heteroatoms. The quantitative estimate of drug-likeness (QED) is 0.897. The zero-order valence-corrected chi connectivity index (χ0v) is 12.7. The molecule has 102 valence electrons. The van der Waals surface area contributed by atoms with Crippen LogP contribution >= 0.6 is 11.8 Å². The molecule has 1 fully saturated rings. The van der Waals surface area contributed by atoms with Crippen molar-refractivity contribution in [2.24, 2.45) is 0 Å². The Labute approximate surface area is 112 Å². The third-order valence-corrected chi connectivity index (χ3v) is 6.37. The highest BCUT2D eigenvalue weighted by atomic mass is 32.2. The fourth-order valence-corrected chi connectivity index (χ4v) is 5.84. The Morgan fingerprint density at radius 2 is 1.83 bits per heavy atom. The zero-order chi connectivity index (χ0) is 13.5. The van der Waals surface area contributed by atoms with Gasteiger partial charge in [0, 0.05) is 23.6 Å². The fraction of sp³-hybridized carbons (Fsp3) is 0.727. The predicted octanol–water partition coefficient (Wildman–Crippen LogP) is 1.54. The van der Waals surface area contributed by atoms with E-state index in [0.717, 1.165) is 0 Å². The number of hydrogen-bond donors (Lipinski definition) is 1. The number of nitrogens with zero attached hydrogens (tertiary/aromatic N) is 2. The van der Waals surface area contributed by atoms with Crippen LogP contribution in [-0.4, -0.2) is 46.5 Å². The molecule has 18 heavy (non-hydrogen) atoms. The standard InChI is InChI=1S/C11H19N3O2S2/c1-7-5-14(6-8(2)17-7)18(15,16)11-9(3)12-13-10(11)4/h7-8H,5-6H2,1-4H3,(H,12,13). The smallest absolute Gasteiger partial charge is 0.246 e. The minimum atomic E-state index is -3.42. The summed E-state index contributed by atoms with van der Waals surface area (Å²) in [5, 5.41) is 7.38. The number of rotatable bonds is 2. The molecule has 2 rings (SSSR count). The average molecular weight is 289 g/mol. The number of aryl methyl sites for hydroxylation is 2. The topological polar surface area (TPSA) is 66.1 Å². The molecule has 1 aliphatic heterocycles. The molecule has 2 unspecified atom stereocenters. The minimum Gasteiger partial charge on any atom is -0.281 e. The van der Waals surface area contributed by atoms with Crippen molar-refractivity contribution in [2.75, 3.05) is 13.1 Å². The molecule has 0 bridgehead atoms. The SMILES string of the molecule is Cc1n[nH]c(C)c1S(=O)(=O)N1CC(C)SC(C)C1. The maximum atomic E-state index is 12.6. The van der Waals surface area contributed by atoms with Gasteiger partial charge in [-0.2, -0.15) is 21.2 Å². The third-order valence-electron chi connectivity index (χ3n) is 3.04. The van der Waals surface area contributed by atoms with Crippen LogP contribution in [0.4, 0.5) is 0 Å². The van der Waals surface area contributed by atoms with Crippen LogP contribution in [0.3, 0.4) is 0 Å². The monoisotopic (exact) mass is 289 g/mol. The van der Waals surface area contributed by atoms with Crippen LogP contribution in [0.15, 0.2) is 4.90 Å². The van der Waals surface area contributed by atoms with Gasteiger partial charge in [0.15, 0.2) is 0 Å². The van der Waals surface area contributed by atoms with Gasteiger partial charge in [-0.15, -0.1) is 0 Å². The van der Waals surface area contributed by atoms with E-state index in [1.54, 1.807) is 18.2 Å². The second-order valence-electron chi connectivity index (χ2n) is 4.84. The molecule has 1 aromatic heterocycles. The van der Waals surface area contributed by atoms with Gasteiger partial charge in [0.1, 0.15) is 4.90 Å². The number of nitrogens with one attached hydrogen (secondary N) is 1. The van der Waals surface area contributed by atoms with E-state index in [-0.39, 0.29) is 0 Å². The van der Waals surface area contributed by atoms with Gasteiger partial charge in [-0.25, -0.2) is 8.42 Å². The number of aromatic nitrogens is 2. The molecule has 0 amide bonds. The molecule has 5 nitrogen and oxygen atoms in total. The van der Waals surface area contributed by atoms with E-state index in [9.17, 15) is 8.42 Å². The van der Waals surface area contributed by atoms with E-state index in [0.29, 0.717) is 39.9 Å². The molecule has 0 saturated carbocycles. The Morgan fingerprint density at radius 1 is 1.28 bits per heavy atom. The van der Waals surface area contributed by atoms with E-state index in [1.807, 2.05) is 11.8 Å². The summed E-state index contributed by atoms with van der Waals surface area (Å²) in [4.78, 5) is 0.341. The van der Waals surface area contributed by atoms with Crippen LogP contribution in [0, 0.1) is 13.8 Å². The predicted molar refractivity (Wildman–Crippen MR) is 73.3 cm³/mol. The molecule has 0 radical (unpaired) electrons. The summed E-state index contributed by atoms with van der Waals surface area (Å²) in [5.74, 6) is 0. The van der Waals surface area contributed by atoms with E-state index >= 15 is 0 Å². The van der Waals surface area contributed by atoms with Crippen LogP contribution in [-0.2, 0) is 10.0 Å². The van der Waals surface area contributed by atoms with Crippen molar-refractivity contribution in [3.05, 3.63) is 11.4 Å². The maximum absolute atomic E-state index is 12.6. The van der Waals surface area contributed by atoms with Crippen LogP contribution in [0.25, 0.3) is 0 Å². The lowest BCUT2D eigenvalue weighted by Crippen LogP contribution is -2.44. The number of H-pyrrole nitrogens is 1. The van der Waals surface area contributed by atoms with Gasteiger partial charge >= 0.3 is 0 Å². The zero-order valence-electron chi connectivity index (χ0n) is 11.1. The molecule has 1 N–H and O–H groups in total. The van der Waals surface area contributed by atoms with Crippen molar-refractivity contribution >= 4 is 21.8 Å². The van der Waals surface area contributed by atoms with Crippen LogP contribution < -0.4 is 0 Å². The summed E-state index contributed by atoms with van der Waals surface area (Å²) >= 11 is 1.84. The van der Waals surface area contributed by atoms with Crippen LogP contribution in [0.5, 0.6) is 0 Å². The highest BCUT2D eigenvalue weighted by Gasteiger charge is 2.34. The Bertz CT molecular complexity index is 509. The molecule has 2 atom stereocenters. The van der Waals surface area contributed by atoms with Crippen molar-refractivity contribution in [1.29, 1.82) is 0 Å². The second-order valence-corrected chi connectivity index (χ2v) is 8.60. The molecule has 0 aromatic carbocycles. The normalized spacial score (nSPS) is 26.4. The lowest BCUT2D eigenvalue weighted by atomic mass is 10.4. The molecule has 1 aliphatic rings.